The van der Waals surface area contributed by atoms with E-state index in [0.29, 0.717) is 38.2 Å². The topological polar surface area (TPSA) is 97.8 Å². The van der Waals surface area contributed by atoms with Crippen LogP contribution in [0.3, 0.4) is 0 Å². The maximum absolute atomic E-state index is 12.7. The first-order chi connectivity index (χ1) is 13.9. The summed E-state index contributed by atoms with van der Waals surface area (Å²) in [6.07, 6.45) is 4.24. The largest absolute Gasteiger partial charge is 0.488 e. The number of carboxylic acid groups (broad SMARTS) is 1. The van der Waals surface area contributed by atoms with Crippen molar-refractivity contribution in [3.05, 3.63) is 58.9 Å². The van der Waals surface area contributed by atoms with Gasteiger partial charge in [0.2, 0.25) is 0 Å². The van der Waals surface area contributed by atoms with Crippen LogP contribution in [0.5, 0.6) is 5.75 Å². The molecule has 0 bridgehead atoms. The van der Waals surface area contributed by atoms with Gasteiger partial charge < -0.3 is 19.9 Å². The molecule has 0 radical (unpaired) electrons. The lowest BCUT2D eigenvalue weighted by Crippen LogP contribution is -2.46. The minimum absolute atomic E-state index is 0.0852. The van der Waals surface area contributed by atoms with E-state index >= 15 is 0 Å². The van der Waals surface area contributed by atoms with Gasteiger partial charge in [-0.15, -0.1) is 0 Å². The number of hydrogen-bond donors (Lipinski definition) is 2. The molecular formula is C22H26N2O5. The number of aromatic nitrogens is 1. The number of nitrogens with zero attached hydrogens (tertiary/aromatic N) is 1. The lowest BCUT2D eigenvalue weighted by molar-refractivity contribution is -0.154. The summed E-state index contributed by atoms with van der Waals surface area (Å²) in [6.45, 7) is 5.04. The Morgan fingerprint density at radius 3 is 2.52 bits per heavy atom. The van der Waals surface area contributed by atoms with E-state index in [4.69, 9.17) is 9.47 Å². The molecule has 0 unspecified atom stereocenters. The summed E-state index contributed by atoms with van der Waals surface area (Å²) < 4.78 is 11.2. The number of ether oxygens (including phenoxy) is 2. The third kappa shape index (κ3) is 4.92. The summed E-state index contributed by atoms with van der Waals surface area (Å²) in [6, 6.07) is 7.32. The summed E-state index contributed by atoms with van der Waals surface area (Å²) in [5.41, 5.74) is 2.17. The molecule has 2 aromatic rings. The van der Waals surface area contributed by atoms with Gasteiger partial charge in [0.25, 0.3) is 5.91 Å². The van der Waals surface area contributed by atoms with Gasteiger partial charge in [0.05, 0.1) is 5.41 Å². The van der Waals surface area contributed by atoms with Crippen molar-refractivity contribution in [3.63, 3.8) is 0 Å². The third-order valence-corrected chi connectivity index (χ3v) is 5.32. The average Bonchev–Trinajstić information content (AvgIpc) is 2.72. The molecule has 7 heteroatoms. The quantitative estimate of drug-likeness (QED) is 0.744. The van der Waals surface area contributed by atoms with E-state index in [9.17, 15) is 14.7 Å². The lowest BCUT2D eigenvalue weighted by Gasteiger charge is -2.33. The third-order valence-electron chi connectivity index (χ3n) is 5.32. The highest BCUT2D eigenvalue weighted by Gasteiger charge is 2.40. The fourth-order valence-electron chi connectivity index (χ4n) is 3.53. The highest BCUT2D eigenvalue weighted by atomic mass is 16.5. The van der Waals surface area contributed by atoms with Crippen molar-refractivity contribution in [1.29, 1.82) is 0 Å². The molecule has 1 saturated heterocycles. The van der Waals surface area contributed by atoms with Crippen molar-refractivity contribution in [1.82, 2.24) is 10.3 Å². The second-order valence-electron chi connectivity index (χ2n) is 7.47. The summed E-state index contributed by atoms with van der Waals surface area (Å²) in [4.78, 5) is 28.5. The van der Waals surface area contributed by atoms with Crippen LogP contribution in [0, 0.1) is 19.3 Å². The van der Waals surface area contributed by atoms with Crippen molar-refractivity contribution in [3.8, 4) is 5.75 Å². The Morgan fingerprint density at radius 1 is 1.24 bits per heavy atom. The second kappa shape index (κ2) is 9.05. The van der Waals surface area contributed by atoms with Gasteiger partial charge in [-0.05, 0) is 56.0 Å². The minimum Gasteiger partial charge on any atom is -0.488 e. The SMILES string of the molecule is Cc1cc(C(=O)NCC2(C(=O)O)CCOCC2)cc(C)c1OCc1cccnc1. The molecular weight excluding hydrogens is 372 g/mol. The van der Waals surface area contributed by atoms with Gasteiger partial charge in [-0.2, -0.15) is 0 Å². The Balaban J connectivity index is 1.67. The number of carboxylic acids is 1. The van der Waals surface area contributed by atoms with E-state index in [1.54, 1.807) is 24.5 Å². The Bertz CT molecular complexity index is 853. The van der Waals surface area contributed by atoms with Crippen molar-refractivity contribution in [2.45, 2.75) is 33.3 Å². The molecule has 0 atom stereocenters. The molecule has 1 aliphatic rings. The fraction of sp³-hybridized carbons (Fsp3) is 0.409. The average molecular weight is 398 g/mol. The molecule has 3 rings (SSSR count). The molecule has 2 heterocycles. The zero-order chi connectivity index (χ0) is 20.9. The molecule has 7 nitrogen and oxygen atoms in total. The molecule has 0 saturated carbocycles. The number of aliphatic carboxylic acids is 1. The van der Waals surface area contributed by atoms with Crippen LogP contribution in [-0.2, 0) is 16.1 Å². The molecule has 1 aromatic heterocycles. The zero-order valence-electron chi connectivity index (χ0n) is 16.7. The van der Waals surface area contributed by atoms with Gasteiger partial charge in [0.15, 0.2) is 0 Å². The van der Waals surface area contributed by atoms with E-state index in [0.717, 1.165) is 22.4 Å². The molecule has 0 aliphatic carbocycles. The number of pyridine rings is 1. The van der Waals surface area contributed by atoms with Crippen molar-refractivity contribution in [2.75, 3.05) is 19.8 Å². The predicted octanol–water partition coefficient (Wildman–Crippen LogP) is 2.89. The Labute approximate surface area is 170 Å². The predicted molar refractivity (Wildman–Crippen MR) is 107 cm³/mol. The first-order valence-corrected chi connectivity index (χ1v) is 9.63. The first-order valence-electron chi connectivity index (χ1n) is 9.63. The van der Waals surface area contributed by atoms with Gasteiger partial charge in [0.1, 0.15) is 12.4 Å². The molecule has 154 valence electrons. The summed E-state index contributed by atoms with van der Waals surface area (Å²) in [7, 11) is 0. The number of rotatable bonds is 7. The number of benzene rings is 1. The molecule has 2 N–H and O–H groups in total. The zero-order valence-corrected chi connectivity index (χ0v) is 16.7. The molecule has 29 heavy (non-hydrogen) atoms. The number of carbonyl (C=O) groups excluding carboxylic acids is 1. The van der Waals surface area contributed by atoms with Crippen LogP contribution in [0.25, 0.3) is 0 Å². The standard InChI is InChI=1S/C22H26N2O5/c1-15-10-18(11-16(2)19(15)29-13-17-4-3-7-23-12-17)20(25)24-14-22(21(26)27)5-8-28-9-6-22/h3-4,7,10-12H,5-6,8-9,13-14H2,1-2H3,(H,24,25)(H,26,27). The van der Waals surface area contributed by atoms with E-state index < -0.39 is 11.4 Å². The van der Waals surface area contributed by atoms with Gasteiger partial charge in [-0.3, -0.25) is 14.6 Å². The molecule has 1 amide bonds. The maximum atomic E-state index is 12.7. The number of amides is 1. The molecule has 0 spiro atoms. The fourth-order valence-corrected chi connectivity index (χ4v) is 3.53. The number of carbonyl (C=O) groups is 2. The summed E-state index contributed by atoms with van der Waals surface area (Å²) in [5, 5.41) is 12.4. The van der Waals surface area contributed by atoms with Crippen molar-refractivity contribution >= 4 is 11.9 Å². The molecule has 1 fully saturated rings. The second-order valence-corrected chi connectivity index (χ2v) is 7.47. The van der Waals surface area contributed by atoms with E-state index in [1.807, 2.05) is 26.0 Å². The van der Waals surface area contributed by atoms with Crippen LogP contribution in [0.15, 0.2) is 36.7 Å². The van der Waals surface area contributed by atoms with Crippen LogP contribution < -0.4 is 10.1 Å². The van der Waals surface area contributed by atoms with Crippen LogP contribution in [-0.4, -0.2) is 41.7 Å². The van der Waals surface area contributed by atoms with Gasteiger partial charge in [0, 0.05) is 43.3 Å². The van der Waals surface area contributed by atoms with Crippen LogP contribution >= 0.6 is 0 Å². The summed E-state index contributed by atoms with van der Waals surface area (Å²) in [5.74, 6) is -0.452. The van der Waals surface area contributed by atoms with Gasteiger partial charge >= 0.3 is 5.97 Å². The van der Waals surface area contributed by atoms with Crippen molar-refractivity contribution in [2.24, 2.45) is 5.41 Å². The number of hydrogen-bond acceptors (Lipinski definition) is 5. The number of aryl methyl sites for hydroxylation is 2. The Kier molecular flexibility index (Phi) is 6.49. The normalized spacial score (nSPS) is 15.5. The minimum atomic E-state index is -0.967. The van der Waals surface area contributed by atoms with Crippen LogP contribution in [0.4, 0.5) is 0 Å². The summed E-state index contributed by atoms with van der Waals surface area (Å²) >= 11 is 0. The highest BCUT2D eigenvalue weighted by Crippen LogP contribution is 2.30. The molecule has 1 aliphatic heterocycles. The Hall–Kier alpha value is -2.93. The van der Waals surface area contributed by atoms with E-state index in [-0.39, 0.29) is 12.5 Å². The first kappa shape index (κ1) is 20.8. The maximum Gasteiger partial charge on any atom is 0.311 e. The number of nitrogens with one attached hydrogen (secondary N) is 1. The van der Waals surface area contributed by atoms with E-state index in [1.165, 1.54) is 0 Å². The monoisotopic (exact) mass is 398 g/mol. The van der Waals surface area contributed by atoms with Crippen LogP contribution in [0.1, 0.15) is 39.9 Å². The molecule has 1 aromatic carbocycles. The van der Waals surface area contributed by atoms with E-state index in [2.05, 4.69) is 10.3 Å². The van der Waals surface area contributed by atoms with Gasteiger partial charge in [-0.1, -0.05) is 6.07 Å². The highest BCUT2D eigenvalue weighted by molar-refractivity contribution is 5.95. The van der Waals surface area contributed by atoms with Crippen molar-refractivity contribution < 1.29 is 24.2 Å². The smallest absolute Gasteiger partial charge is 0.311 e. The van der Waals surface area contributed by atoms with Gasteiger partial charge in [-0.25, -0.2) is 0 Å². The lowest BCUT2D eigenvalue weighted by atomic mass is 9.80. The van der Waals surface area contributed by atoms with Crippen LogP contribution in [0.2, 0.25) is 0 Å². The Morgan fingerprint density at radius 2 is 1.93 bits per heavy atom.